The van der Waals surface area contributed by atoms with Crippen molar-refractivity contribution in [2.24, 2.45) is 0 Å². The Balaban J connectivity index is 1.69. The molecule has 1 aromatic heterocycles. The number of carbonyl (C=O) groups is 2. The quantitative estimate of drug-likeness (QED) is 0.425. The Labute approximate surface area is 196 Å². The van der Waals surface area contributed by atoms with Gasteiger partial charge in [-0.3, -0.25) is 10.1 Å². The minimum atomic E-state index is -0.768. The monoisotopic (exact) mass is 470 g/mol. The second kappa shape index (κ2) is 12.6. The van der Waals surface area contributed by atoms with Crippen molar-refractivity contribution in [1.29, 1.82) is 0 Å². The van der Waals surface area contributed by atoms with E-state index in [1.807, 2.05) is 59.2 Å². The molecular formula is C23H26N4O5S. The average Bonchev–Trinajstić information content (AvgIpc) is 3.22. The van der Waals surface area contributed by atoms with Crippen molar-refractivity contribution in [3.8, 4) is 16.9 Å². The number of methoxy groups -OCH3 is 1. The van der Waals surface area contributed by atoms with E-state index in [0.717, 1.165) is 16.9 Å². The lowest BCUT2D eigenvalue weighted by molar-refractivity contribution is -0.117. The first-order valence-electron chi connectivity index (χ1n) is 10.4. The first kappa shape index (κ1) is 24.3. The third kappa shape index (κ3) is 7.06. The van der Waals surface area contributed by atoms with Crippen LogP contribution in [0.4, 0.5) is 4.79 Å². The van der Waals surface area contributed by atoms with Crippen molar-refractivity contribution < 1.29 is 23.8 Å². The lowest BCUT2D eigenvalue weighted by Crippen LogP contribution is -2.32. The summed E-state index contributed by atoms with van der Waals surface area (Å²) in [7, 11) is 1.61. The number of carbonyl (C=O) groups excluding carboxylic acids is 2. The molecule has 10 heteroatoms. The highest BCUT2D eigenvalue weighted by Gasteiger charge is 2.17. The lowest BCUT2D eigenvalue weighted by atomic mass is 10.1. The Hall–Kier alpha value is -3.37. The molecule has 0 radical (unpaired) electrons. The van der Waals surface area contributed by atoms with Gasteiger partial charge < -0.3 is 18.8 Å². The number of rotatable bonds is 11. The average molecular weight is 471 g/mol. The molecular weight excluding hydrogens is 444 g/mol. The van der Waals surface area contributed by atoms with E-state index in [4.69, 9.17) is 14.2 Å². The predicted octanol–water partition coefficient (Wildman–Crippen LogP) is 3.54. The fourth-order valence-electron chi connectivity index (χ4n) is 2.98. The molecule has 0 atom stereocenters. The molecule has 33 heavy (non-hydrogen) atoms. The number of ether oxygens (including phenoxy) is 3. The molecule has 174 valence electrons. The Kier molecular flexibility index (Phi) is 9.28. The second-order valence-electron chi connectivity index (χ2n) is 6.75. The number of amides is 2. The van der Waals surface area contributed by atoms with Gasteiger partial charge in [0, 0.05) is 19.2 Å². The number of nitrogens with one attached hydrogen (secondary N) is 1. The molecule has 0 aliphatic heterocycles. The second-order valence-corrected chi connectivity index (χ2v) is 7.69. The van der Waals surface area contributed by atoms with Crippen molar-refractivity contribution in [2.75, 3.05) is 26.1 Å². The van der Waals surface area contributed by atoms with Crippen LogP contribution in [0.2, 0.25) is 0 Å². The van der Waals surface area contributed by atoms with Crippen molar-refractivity contribution >= 4 is 23.8 Å². The molecule has 0 saturated carbocycles. The highest BCUT2D eigenvalue weighted by molar-refractivity contribution is 7.99. The molecule has 0 fully saturated rings. The Morgan fingerprint density at radius 3 is 2.58 bits per heavy atom. The van der Waals surface area contributed by atoms with Gasteiger partial charge in [0.15, 0.2) is 11.0 Å². The van der Waals surface area contributed by atoms with Gasteiger partial charge in [-0.2, -0.15) is 0 Å². The van der Waals surface area contributed by atoms with Crippen LogP contribution in [-0.4, -0.2) is 52.8 Å². The molecule has 1 heterocycles. The lowest BCUT2D eigenvalue weighted by Gasteiger charge is -2.13. The van der Waals surface area contributed by atoms with Crippen molar-refractivity contribution in [2.45, 2.75) is 25.2 Å². The number of hydrogen-bond donors (Lipinski definition) is 1. The highest BCUT2D eigenvalue weighted by atomic mass is 32.2. The van der Waals surface area contributed by atoms with Gasteiger partial charge in [-0.1, -0.05) is 60.3 Å². The summed E-state index contributed by atoms with van der Waals surface area (Å²) in [5.41, 5.74) is 2.03. The third-order valence-corrected chi connectivity index (χ3v) is 5.46. The van der Waals surface area contributed by atoms with Gasteiger partial charge in [0.05, 0.1) is 19.0 Å². The Morgan fingerprint density at radius 1 is 1.06 bits per heavy atom. The Bertz CT molecular complexity index is 1060. The van der Waals surface area contributed by atoms with Crippen LogP contribution >= 0.6 is 11.8 Å². The molecule has 0 bridgehead atoms. The van der Waals surface area contributed by atoms with E-state index in [1.54, 1.807) is 14.0 Å². The molecule has 3 aromatic rings. The van der Waals surface area contributed by atoms with E-state index in [2.05, 4.69) is 15.5 Å². The molecule has 0 saturated heterocycles. The predicted molar refractivity (Wildman–Crippen MR) is 124 cm³/mol. The maximum absolute atomic E-state index is 12.0. The fourth-order valence-corrected chi connectivity index (χ4v) is 3.76. The van der Waals surface area contributed by atoms with E-state index < -0.39 is 12.0 Å². The molecule has 3 rings (SSSR count). The summed E-state index contributed by atoms with van der Waals surface area (Å²) < 4.78 is 17.9. The van der Waals surface area contributed by atoms with Crippen LogP contribution in [0, 0.1) is 0 Å². The first-order chi connectivity index (χ1) is 16.1. The zero-order valence-corrected chi connectivity index (χ0v) is 19.3. The topological polar surface area (TPSA) is 105 Å². The molecule has 2 aromatic carbocycles. The molecule has 0 aliphatic rings. The standard InChI is InChI=1S/C23H26N4O5S/c1-3-31-23(29)24-21(28)16-33-22-26-25-20(27(22)13-14-30-2)15-32-19-12-8-7-11-18(19)17-9-5-4-6-10-17/h4-12H,3,13-16H2,1-2H3,(H,24,28,29). The van der Waals surface area contributed by atoms with Gasteiger partial charge in [0.25, 0.3) is 0 Å². The first-order valence-corrected chi connectivity index (χ1v) is 11.4. The smallest absolute Gasteiger partial charge is 0.413 e. The summed E-state index contributed by atoms with van der Waals surface area (Å²) in [6.07, 6.45) is -0.768. The molecule has 9 nitrogen and oxygen atoms in total. The van der Waals surface area contributed by atoms with Gasteiger partial charge in [0.2, 0.25) is 5.91 Å². The Morgan fingerprint density at radius 2 is 1.82 bits per heavy atom. The van der Waals surface area contributed by atoms with Crippen LogP contribution in [0.1, 0.15) is 12.7 Å². The summed E-state index contributed by atoms with van der Waals surface area (Å²) in [6, 6.07) is 17.8. The number of aromatic nitrogens is 3. The van der Waals surface area contributed by atoms with Gasteiger partial charge in [-0.25, -0.2) is 4.79 Å². The molecule has 2 amide bonds. The number of hydrogen-bond acceptors (Lipinski definition) is 8. The van der Waals surface area contributed by atoms with Crippen LogP contribution in [0.5, 0.6) is 5.75 Å². The molecule has 0 aliphatic carbocycles. The summed E-state index contributed by atoms with van der Waals surface area (Å²) in [4.78, 5) is 23.4. The van der Waals surface area contributed by atoms with Crippen LogP contribution in [0.3, 0.4) is 0 Å². The number of thioether (sulfide) groups is 1. The van der Waals surface area contributed by atoms with E-state index >= 15 is 0 Å². The van der Waals surface area contributed by atoms with Crippen LogP contribution in [-0.2, 0) is 27.4 Å². The number of alkyl carbamates (subject to hydrolysis) is 1. The summed E-state index contributed by atoms with van der Waals surface area (Å²) in [6.45, 7) is 2.97. The summed E-state index contributed by atoms with van der Waals surface area (Å²) in [5, 5.41) is 11.1. The maximum atomic E-state index is 12.0. The van der Waals surface area contributed by atoms with E-state index in [-0.39, 0.29) is 19.0 Å². The number of benzene rings is 2. The van der Waals surface area contributed by atoms with Crippen LogP contribution < -0.4 is 10.1 Å². The minimum absolute atomic E-state index is 0.0123. The maximum Gasteiger partial charge on any atom is 0.413 e. The zero-order chi connectivity index (χ0) is 23.5. The fraction of sp³-hybridized carbons (Fsp3) is 0.304. The van der Waals surface area contributed by atoms with Gasteiger partial charge in [-0.15, -0.1) is 10.2 Å². The van der Waals surface area contributed by atoms with Crippen LogP contribution in [0.25, 0.3) is 11.1 Å². The van der Waals surface area contributed by atoms with Gasteiger partial charge in [0.1, 0.15) is 12.4 Å². The highest BCUT2D eigenvalue weighted by Crippen LogP contribution is 2.30. The number of imide groups is 1. The molecule has 0 spiro atoms. The normalized spacial score (nSPS) is 10.6. The van der Waals surface area contributed by atoms with E-state index in [0.29, 0.717) is 24.1 Å². The third-order valence-electron chi connectivity index (χ3n) is 4.49. The number of para-hydroxylation sites is 1. The van der Waals surface area contributed by atoms with Gasteiger partial charge >= 0.3 is 6.09 Å². The van der Waals surface area contributed by atoms with E-state index in [9.17, 15) is 9.59 Å². The van der Waals surface area contributed by atoms with Crippen molar-refractivity contribution in [1.82, 2.24) is 20.1 Å². The minimum Gasteiger partial charge on any atom is -0.485 e. The summed E-state index contributed by atoms with van der Waals surface area (Å²) >= 11 is 1.17. The molecule has 1 N–H and O–H groups in total. The SMILES string of the molecule is CCOC(=O)NC(=O)CSc1nnc(COc2ccccc2-c2ccccc2)n1CCOC. The largest absolute Gasteiger partial charge is 0.485 e. The van der Waals surface area contributed by atoms with Gasteiger partial charge in [-0.05, 0) is 18.6 Å². The van der Waals surface area contributed by atoms with Crippen molar-refractivity contribution in [3.05, 3.63) is 60.4 Å². The van der Waals surface area contributed by atoms with Crippen LogP contribution in [0.15, 0.2) is 59.8 Å². The number of nitrogens with zero attached hydrogens (tertiary/aromatic N) is 3. The molecule has 0 unspecified atom stereocenters. The zero-order valence-electron chi connectivity index (χ0n) is 18.5. The summed E-state index contributed by atoms with van der Waals surface area (Å²) in [5.74, 6) is 0.840. The van der Waals surface area contributed by atoms with E-state index in [1.165, 1.54) is 11.8 Å². The van der Waals surface area contributed by atoms with Crippen molar-refractivity contribution in [3.63, 3.8) is 0 Å².